The Balaban J connectivity index is 1.94. The molecule has 0 saturated heterocycles. The highest BCUT2D eigenvalue weighted by molar-refractivity contribution is 6.08. The van der Waals surface area contributed by atoms with Crippen LogP contribution in [0, 0.1) is 11.6 Å². The second kappa shape index (κ2) is 8.35. The monoisotopic (exact) mass is 358 g/mol. The molecule has 0 spiro atoms. The van der Waals surface area contributed by atoms with Crippen molar-refractivity contribution in [2.75, 3.05) is 13.2 Å². The van der Waals surface area contributed by atoms with E-state index in [1.54, 1.807) is 36.4 Å². The summed E-state index contributed by atoms with van der Waals surface area (Å²) in [7, 11) is 0. The number of ether oxygens (including phenoxy) is 2. The smallest absolute Gasteiger partial charge is 0.172 e. The van der Waals surface area contributed by atoms with Crippen LogP contribution in [0.25, 0.3) is 21.5 Å². The standard InChI is InChI=1S/C22H24F2O2/c1-3-5-6-7-14-26-20-13-11-16-15-10-12-19(25-4-2)21(23)17(15)8-9-18(16)22(20)24/h8-13H,3-7,14H2,1-2H3. The Morgan fingerprint density at radius 3 is 1.73 bits per heavy atom. The van der Waals surface area contributed by atoms with E-state index >= 15 is 0 Å². The topological polar surface area (TPSA) is 18.5 Å². The van der Waals surface area contributed by atoms with Gasteiger partial charge in [-0.25, -0.2) is 8.78 Å². The summed E-state index contributed by atoms with van der Waals surface area (Å²) in [5, 5.41) is 2.19. The fourth-order valence-electron chi connectivity index (χ4n) is 3.20. The van der Waals surface area contributed by atoms with E-state index < -0.39 is 11.6 Å². The number of rotatable bonds is 8. The third-order valence-electron chi connectivity index (χ3n) is 4.55. The van der Waals surface area contributed by atoms with E-state index in [0.717, 1.165) is 25.7 Å². The van der Waals surface area contributed by atoms with Crippen LogP contribution in [0.1, 0.15) is 39.5 Å². The first-order valence-electron chi connectivity index (χ1n) is 9.26. The fraction of sp³-hybridized carbons (Fsp3) is 0.364. The van der Waals surface area contributed by atoms with E-state index in [1.165, 1.54) is 0 Å². The lowest BCUT2D eigenvalue weighted by Gasteiger charge is -2.12. The molecule has 0 aliphatic heterocycles. The molecule has 3 rings (SSSR count). The van der Waals surface area contributed by atoms with Crippen molar-refractivity contribution < 1.29 is 18.3 Å². The first kappa shape index (κ1) is 18.4. The summed E-state index contributed by atoms with van der Waals surface area (Å²) in [5.74, 6) is -0.344. The van der Waals surface area contributed by atoms with Gasteiger partial charge in [0.25, 0.3) is 0 Å². The molecule has 0 radical (unpaired) electrons. The Kier molecular flexibility index (Phi) is 5.92. The number of halogens is 2. The third kappa shape index (κ3) is 3.59. The highest BCUT2D eigenvalue weighted by Crippen LogP contribution is 2.35. The van der Waals surface area contributed by atoms with Gasteiger partial charge in [0.05, 0.1) is 13.2 Å². The zero-order valence-corrected chi connectivity index (χ0v) is 15.3. The van der Waals surface area contributed by atoms with Crippen LogP contribution in [-0.2, 0) is 0 Å². The van der Waals surface area contributed by atoms with Crippen LogP contribution < -0.4 is 9.47 Å². The molecular weight excluding hydrogens is 334 g/mol. The lowest BCUT2D eigenvalue weighted by Crippen LogP contribution is -2.00. The van der Waals surface area contributed by atoms with Crippen molar-refractivity contribution in [3.8, 4) is 11.5 Å². The molecule has 0 N–H and O–H groups in total. The normalized spacial score (nSPS) is 11.2. The van der Waals surface area contributed by atoms with Gasteiger partial charge in [-0.05, 0) is 48.4 Å². The summed E-state index contributed by atoms with van der Waals surface area (Å²) in [6.07, 6.45) is 4.30. The predicted molar refractivity (Wildman–Crippen MR) is 102 cm³/mol. The molecule has 0 aromatic heterocycles. The van der Waals surface area contributed by atoms with Crippen LogP contribution in [0.15, 0.2) is 36.4 Å². The largest absolute Gasteiger partial charge is 0.491 e. The Labute approximate surface area is 152 Å². The van der Waals surface area contributed by atoms with Crippen molar-refractivity contribution in [3.05, 3.63) is 48.0 Å². The molecule has 2 nitrogen and oxygen atoms in total. The van der Waals surface area contributed by atoms with Gasteiger partial charge >= 0.3 is 0 Å². The molecule has 4 heteroatoms. The van der Waals surface area contributed by atoms with Crippen LogP contribution >= 0.6 is 0 Å². The Morgan fingerprint density at radius 1 is 0.654 bits per heavy atom. The van der Waals surface area contributed by atoms with Gasteiger partial charge in [-0.15, -0.1) is 0 Å². The molecule has 0 amide bonds. The molecule has 0 aliphatic rings. The minimum absolute atomic E-state index is 0.215. The highest BCUT2D eigenvalue weighted by Gasteiger charge is 2.14. The zero-order valence-electron chi connectivity index (χ0n) is 15.3. The average Bonchev–Trinajstić information content (AvgIpc) is 2.65. The number of hydrogen-bond donors (Lipinski definition) is 0. The molecule has 138 valence electrons. The average molecular weight is 358 g/mol. The van der Waals surface area contributed by atoms with Gasteiger partial charge in [-0.3, -0.25) is 0 Å². The fourth-order valence-corrected chi connectivity index (χ4v) is 3.20. The van der Waals surface area contributed by atoms with E-state index in [9.17, 15) is 8.78 Å². The predicted octanol–water partition coefficient (Wildman–Crippen LogP) is 6.63. The van der Waals surface area contributed by atoms with Gasteiger partial charge in [-0.2, -0.15) is 0 Å². The number of fused-ring (bicyclic) bond motifs is 3. The molecule has 0 heterocycles. The van der Waals surface area contributed by atoms with E-state index in [2.05, 4.69) is 6.92 Å². The molecule has 0 bridgehead atoms. The zero-order chi connectivity index (χ0) is 18.5. The van der Waals surface area contributed by atoms with E-state index in [1.807, 2.05) is 6.92 Å². The maximum atomic E-state index is 14.8. The Bertz CT molecular complexity index is 906. The van der Waals surface area contributed by atoms with Crippen LogP contribution in [0.3, 0.4) is 0 Å². The Hall–Kier alpha value is -2.36. The highest BCUT2D eigenvalue weighted by atomic mass is 19.1. The van der Waals surface area contributed by atoms with Crippen LogP contribution in [0.4, 0.5) is 8.78 Å². The van der Waals surface area contributed by atoms with Crippen molar-refractivity contribution in [3.63, 3.8) is 0 Å². The first-order chi connectivity index (χ1) is 12.7. The number of hydrogen-bond acceptors (Lipinski definition) is 2. The molecular formula is C22H24F2O2. The van der Waals surface area contributed by atoms with Gasteiger partial charge in [0.15, 0.2) is 23.1 Å². The molecule has 0 unspecified atom stereocenters. The second-order valence-corrected chi connectivity index (χ2v) is 6.35. The SMILES string of the molecule is CCCCCCOc1ccc2c(ccc3c(F)c(OCC)ccc32)c1F. The summed E-state index contributed by atoms with van der Waals surface area (Å²) in [6.45, 7) is 4.85. The van der Waals surface area contributed by atoms with E-state index in [4.69, 9.17) is 9.47 Å². The summed E-state index contributed by atoms with van der Waals surface area (Å²) in [6, 6.07) is 10.00. The summed E-state index contributed by atoms with van der Waals surface area (Å²) in [5.41, 5.74) is 0. The van der Waals surface area contributed by atoms with Crippen molar-refractivity contribution in [2.45, 2.75) is 39.5 Å². The van der Waals surface area contributed by atoms with Crippen molar-refractivity contribution in [2.24, 2.45) is 0 Å². The van der Waals surface area contributed by atoms with Crippen LogP contribution in [0.5, 0.6) is 11.5 Å². The lowest BCUT2D eigenvalue weighted by atomic mass is 10.0. The summed E-state index contributed by atoms with van der Waals surface area (Å²) in [4.78, 5) is 0. The summed E-state index contributed by atoms with van der Waals surface area (Å²) < 4.78 is 40.3. The third-order valence-corrected chi connectivity index (χ3v) is 4.55. The Morgan fingerprint density at radius 2 is 1.19 bits per heavy atom. The van der Waals surface area contributed by atoms with Gasteiger partial charge in [0.1, 0.15) is 0 Å². The molecule has 3 aromatic carbocycles. The van der Waals surface area contributed by atoms with Crippen molar-refractivity contribution >= 4 is 21.5 Å². The first-order valence-corrected chi connectivity index (χ1v) is 9.26. The maximum Gasteiger partial charge on any atom is 0.172 e. The summed E-state index contributed by atoms with van der Waals surface area (Å²) >= 11 is 0. The van der Waals surface area contributed by atoms with Crippen molar-refractivity contribution in [1.29, 1.82) is 0 Å². The maximum absolute atomic E-state index is 14.8. The molecule has 0 atom stereocenters. The molecule has 3 aromatic rings. The molecule has 0 aliphatic carbocycles. The quantitative estimate of drug-likeness (QED) is 0.332. The minimum Gasteiger partial charge on any atom is -0.491 e. The minimum atomic E-state index is -0.414. The number of unbranched alkanes of at least 4 members (excludes halogenated alkanes) is 3. The van der Waals surface area contributed by atoms with E-state index in [-0.39, 0.29) is 11.5 Å². The van der Waals surface area contributed by atoms with Crippen molar-refractivity contribution in [1.82, 2.24) is 0 Å². The number of benzene rings is 3. The second-order valence-electron chi connectivity index (χ2n) is 6.35. The van der Waals surface area contributed by atoms with Gasteiger partial charge in [0.2, 0.25) is 0 Å². The van der Waals surface area contributed by atoms with Gasteiger partial charge < -0.3 is 9.47 Å². The lowest BCUT2D eigenvalue weighted by molar-refractivity contribution is 0.292. The van der Waals surface area contributed by atoms with Gasteiger partial charge in [0, 0.05) is 10.8 Å². The van der Waals surface area contributed by atoms with Crippen LogP contribution in [-0.4, -0.2) is 13.2 Å². The van der Waals surface area contributed by atoms with E-state index in [0.29, 0.717) is 34.8 Å². The molecule has 0 saturated carbocycles. The van der Waals surface area contributed by atoms with Gasteiger partial charge in [-0.1, -0.05) is 38.3 Å². The molecule has 26 heavy (non-hydrogen) atoms. The molecule has 0 fully saturated rings. The van der Waals surface area contributed by atoms with Crippen LogP contribution in [0.2, 0.25) is 0 Å².